The lowest BCUT2D eigenvalue weighted by molar-refractivity contribution is 0.313. The normalized spacial score (nSPS) is 14.3. The predicted molar refractivity (Wildman–Crippen MR) is 136 cm³/mol. The first-order chi connectivity index (χ1) is 16.9. The third-order valence-corrected chi connectivity index (χ3v) is 7.40. The molecule has 1 aliphatic heterocycles. The molecule has 0 saturated carbocycles. The van der Waals surface area contributed by atoms with E-state index in [2.05, 4.69) is 48.2 Å². The Labute approximate surface area is 211 Å². The minimum Gasteiger partial charge on any atom is -0.382 e. The number of nitrogen functional groups attached to an aromatic ring is 1. The van der Waals surface area contributed by atoms with Crippen molar-refractivity contribution in [3.63, 3.8) is 0 Å². The van der Waals surface area contributed by atoms with Gasteiger partial charge in [0.1, 0.15) is 22.2 Å². The molecule has 0 atom stereocenters. The van der Waals surface area contributed by atoms with E-state index < -0.39 is 0 Å². The van der Waals surface area contributed by atoms with Crippen LogP contribution in [0.3, 0.4) is 0 Å². The van der Waals surface area contributed by atoms with E-state index >= 15 is 0 Å². The fourth-order valence-corrected chi connectivity index (χ4v) is 5.05. The summed E-state index contributed by atoms with van der Waals surface area (Å²) >= 11 is 8.12. The lowest BCUT2D eigenvalue weighted by atomic mass is 10.0. The van der Waals surface area contributed by atoms with Crippen LogP contribution >= 0.6 is 22.9 Å². The Kier molecular flexibility index (Phi) is 6.34. The Balaban J connectivity index is 1.40. The van der Waals surface area contributed by atoms with Gasteiger partial charge in [-0.05, 0) is 25.6 Å². The highest BCUT2D eigenvalue weighted by Crippen LogP contribution is 2.32. The summed E-state index contributed by atoms with van der Waals surface area (Å²) in [5, 5.41) is 19.1. The molecule has 12 heteroatoms. The molecule has 1 saturated heterocycles. The maximum absolute atomic E-state index is 9.37. The van der Waals surface area contributed by atoms with Crippen molar-refractivity contribution in [2.45, 2.75) is 13.5 Å². The lowest BCUT2D eigenvalue weighted by Gasteiger charge is -2.32. The van der Waals surface area contributed by atoms with Crippen LogP contribution in [0.5, 0.6) is 0 Å². The number of aromatic nitrogens is 6. The fraction of sp³-hybridized carbons (Fsp3) is 0.304. The summed E-state index contributed by atoms with van der Waals surface area (Å²) < 4.78 is 1.73. The number of nitrogens with two attached hydrogens (primary N) is 1. The second-order valence-corrected chi connectivity index (χ2v) is 9.86. The number of nitriles is 1. The lowest BCUT2D eigenvalue weighted by Crippen LogP contribution is -2.44. The number of halogens is 1. The molecule has 0 amide bonds. The van der Waals surface area contributed by atoms with Crippen molar-refractivity contribution >= 4 is 33.9 Å². The second kappa shape index (κ2) is 9.58. The van der Waals surface area contributed by atoms with Gasteiger partial charge in [-0.15, -0.1) is 5.10 Å². The largest absolute Gasteiger partial charge is 0.382 e. The summed E-state index contributed by atoms with van der Waals surface area (Å²) in [6.45, 7) is 6.41. The molecule has 0 aliphatic carbocycles. The summed E-state index contributed by atoms with van der Waals surface area (Å²) in [7, 11) is 2.14. The Bertz CT molecular complexity index is 1410. The first-order valence-electron chi connectivity index (χ1n) is 11.0. The molecule has 1 fully saturated rings. The average molecular weight is 507 g/mol. The van der Waals surface area contributed by atoms with E-state index in [1.54, 1.807) is 34.3 Å². The Morgan fingerprint density at radius 2 is 2.00 bits per heavy atom. The maximum atomic E-state index is 9.37. The first kappa shape index (κ1) is 23.2. The zero-order chi connectivity index (χ0) is 24.5. The predicted octanol–water partition coefficient (Wildman–Crippen LogP) is 3.07. The topological polar surface area (TPSA) is 126 Å². The van der Waals surface area contributed by atoms with Crippen LogP contribution in [-0.4, -0.2) is 68.1 Å². The van der Waals surface area contributed by atoms with Gasteiger partial charge >= 0.3 is 0 Å². The van der Waals surface area contributed by atoms with Crippen LogP contribution in [0.15, 0.2) is 30.6 Å². The number of anilines is 2. The summed E-state index contributed by atoms with van der Waals surface area (Å²) in [5.74, 6) is 0.521. The van der Waals surface area contributed by atoms with Gasteiger partial charge in [0.25, 0.3) is 0 Å². The molecular weight excluding hydrogens is 484 g/mol. The van der Waals surface area contributed by atoms with Crippen molar-refractivity contribution in [1.82, 2.24) is 34.8 Å². The fourth-order valence-electron chi connectivity index (χ4n) is 3.91. The zero-order valence-corrected chi connectivity index (χ0v) is 20.9. The summed E-state index contributed by atoms with van der Waals surface area (Å²) in [6.07, 6.45) is 3.67. The quantitative estimate of drug-likeness (QED) is 0.434. The van der Waals surface area contributed by atoms with Crippen molar-refractivity contribution in [3.8, 4) is 28.8 Å². The molecule has 0 unspecified atom stereocenters. The maximum Gasteiger partial charge on any atom is 0.185 e. The number of nitrogens with zero attached hydrogens (tertiary/aromatic N) is 9. The highest BCUT2D eigenvalue weighted by molar-refractivity contribution is 7.15. The van der Waals surface area contributed by atoms with Crippen molar-refractivity contribution in [2.75, 3.05) is 43.9 Å². The molecule has 2 N–H and O–H groups in total. The summed E-state index contributed by atoms with van der Waals surface area (Å²) in [6, 6.07) is 7.57. The molecular formula is C23H23ClN10S. The number of likely N-dealkylation sites (N-methyl/N-ethyl adjacent to an activating group) is 1. The van der Waals surface area contributed by atoms with Gasteiger partial charge in [-0.2, -0.15) is 5.26 Å². The zero-order valence-electron chi connectivity index (χ0n) is 19.3. The van der Waals surface area contributed by atoms with Gasteiger partial charge in [-0.1, -0.05) is 40.3 Å². The average Bonchev–Trinajstić information content (AvgIpc) is 3.52. The number of thiazole rings is 1. The molecule has 1 aliphatic rings. The monoisotopic (exact) mass is 506 g/mol. The number of hydrogen-bond acceptors (Lipinski definition) is 10. The van der Waals surface area contributed by atoms with Crippen LogP contribution in [0.2, 0.25) is 5.02 Å². The third-order valence-electron chi connectivity index (χ3n) is 5.99. The van der Waals surface area contributed by atoms with Crippen LogP contribution in [0, 0.1) is 18.3 Å². The number of benzene rings is 1. The van der Waals surface area contributed by atoms with Crippen molar-refractivity contribution in [3.05, 3.63) is 51.6 Å². The Morgan fingerprint density at radius 3 is 2.77 bits per heavy atom. The Morgan fingerprint density at radius 1 is 1.20 bits per heavy atom. The van der Waals surface area contributed by atoms with Crippen molar-refractivity contribution in [1.29, 1.82) is 5.26 Å². The molecule has 4 aromatic rings. The van der Waals surface area contributed by atoms with E-state index in [-0.39, 0.29) is 10.8 Å². The first-order valence-corrected chi connectivity index (χ1v) is 12.2. The van der Waals surface area contributed by atoms with Crippen LogP contribution in [0.25, 0.3) is 22.8 Å². The minimum absolute atomic E-state index is 0.141. The molecule has 5 rings (SSSR count). The van der Waals surface area contributed by atoms with E-state index in [9.17, 15) is 5.26 Å². The van der Waals surface area contributed by atoms with Gasteiger partial charge in [-0.25, -0.2) is 19.6 Å². The number of rotatable bonds is 5. The van der Waals surface area contributed by atoms with E-state index in [1.165, 1.54) is 0 Å². The molecule has 0 bridgehead atoms. The van der Waals surface area contributed by atoms with Gasteiger partial charge in [0.2, 0.25) is 0 Å². The smallest absolute Gasteiger partial charge is 0.185 e. The summed E-state index contributed by atoms with van der Waals surface area (Å²) in [4.78, 5) is 19.3. The molecule has 0 radical (unpaired) electrons. The van der Waals surface area contributed by atoms with Gasteiger partial charge in [-0.3, -0.25) is 0 Å². The highest BCUT2D eigenvalue weighted by atomic mass is 35.5. The van der Waals surface area contributed by atoms with Gasteiger partial charge in [0.15, 0.2) is 11.0 Å². The second-order valence-electron chi connectivity index (χ2n) is 8.39. The summed E-state index contributed by atoms with van der Waals surface area (Å²) in [5.41, 5.74) is 9.02. The molecule has 4 heterocycles. The van der Waals surface area contributed by atoms with E-state index in [0.29, 0.717) is 34.9 Å². The number of hydrogen-bond donors (Lipinski definition) is 1. The molecule has 178 valence electrons. The van der Waals surface area contributed by atoms with Crippen LogP contribution in [0.4, 0.5) is 10.9 Å². The van der Waals surface area contributed by atoms with E-state index in [1.807, 2.05) is 19.2 Å². The van der Waals surface area contributed by atoms with Gasteiger partial charge < -0.3 is 15.5 Å². The van der Waals surface area contributed by atoms with Crippen LogP contribution in [-0.2, 0) is 6.54 Å². The van der Waals surface area contributed by atoms with Crippen molar-refractivity contribution < 1.29 is 0 Å². The van der Waals surface area contributed by atoms with Crippen LogP contribution in [0.1, 0.15) is 16.0 Å². The molecule has 1 aromatic carbocycles. The van der Waals surface area contributed by atoms with Crippen LogP contribution < -0.4 is 10.6 Å². The molecule has 0 spiro atoms. The number of piperazine rings is 1. The minimum atomic E-state index is 0.141. The van der Waals surface area contributed by atoms with E-state index in [0.717, 1.165) is 41.8 Å². The third kappa shape index (κ3) is 4.68. The SMILES string of the molecule is Cc1c(C#N)cccc1-c1nc(N)c(Cl)c(-c2cn(Cc3cnc(N4CCN(C)CC4)s3)nn2)n1. The van der Waals surface area contributed by atoms with E-state index in [4.69, 9.17) is 17.3 Å². The van der Waals surface area contributed by atoms with Gasteiger partial charge in [0.05, 0.1) is 24.4 Å². The molecule has 10 nitrogen and oxygen atoms in total. The van der Waals surface area contributed by atoms with Crippen molar-refractivity contribution in [2.24, 2.45) is 0 Å². The standard InChI is InChI=1S/C23H23ClN10S/c1-14-15(10-25)4-3-5-17(14)22-28-20(19(24)21(26)29-22)18-13-34(31-30-18)12-16-11-27-23(35-16)33-8-6-32(2)7-9-33/h3-5,11,13H,6-9,12H2,1-2H3,(H2,26,28,29). The molecule has 35 heavy (non-hydrogen) atoms. The Hall–Kier alpha value is -3.59. The highest BCUT2D eigenvalue weighted by Gasteiger charge is 2.20. The van der Waals surface area contributed by atoms with Gasteiger partial charge in [0, 0.05) is 42.8 Å². The molecule has 3 aromatic heterocycles.